The van der Waals surface area contributed by atoms with Crippen LogP contribution in [0.4, 0.5) is 0 Å². The van der Waals surface area contributed by atoms with Crippen LogP contribution in [-0.2, 0) is 0 Å². The highest BCUT2D eigenvalue weighted by Gasteiger charge is 2.05. The number of ether oxygens (including phenoxy) is 2. The molecule has 11 heavy (non-hydrogen) atoms. The molecular formula is C8H11NO2. The molecule has 0 aliphatic carbocycles. The first-order chi connectivity index (χ1) is 7.58. The number of hydrogen-bond donors (Lipinski definition) is 0. The van der Waals surface area contributed by atoms with Crippen LogP contribution in [-0.4, -0.2) is 19.1 Å². The molecule has 0 bridgehead atoms. The summed E-state index contributed by atoms with van der Waals surface area (Å²) in [5.74, 6) is -0.364. The normalized spacial score (nSPS) is 19.7. The summed E-state index contributed by atoms with van der Waals surface area (Å²) in [4.78, 5) is 3.82. The fourth-order valence-corrected chi connectivity index (χ4v) is 0.734. The molecule has 0 amide bonds. The summed E-state index contributed by atoms with van der Waals surface area (Å²) in [5.41, 5.74) is 0.239. The van der Waals surface area contributed by atoms with Gasteiger partial charge in [0.2, 0.25) is 0 Å². The van der Waals surface area contributed by atoms with Crippen LogP contribution in [0, 0.1) is 6.92 Å². The smallest absolute Gasteiger partial charge is 0.182 e. The lowest BCUT2D eigenvalue weighted by molar-refractivity contribution is 0.351. The van der Waals surface area contributed by atoms with Crippen LogP contribution in [0.1, 0.15) is 13.9 Å². The lowest BCUT2D eigenvalue weighted by Crippen LogP contribution is -1.94. The van der Waals surface area contributed by atoms with Gasteiger partial charge in [0.05, 0.1) is 28.0 Å². The second-order valence-corrected chi connectivity index (χ2v) is 1.93. The molecule has 3 nitrogen and oxygen atoms in total. The molecule has 0 saturated heterocycles. The molecule has 0 aliphatic heterocycles. The molecule has 0 fully saturated rings. The zero-order chi connectivity index (χ0) is 13.3. The predicted octanol–water partition coefficient (Wildman–Crippen LogP) is 1.41. The fourth-order valence-electron chi connectivity index (χ4n) is 0.734. The molecule has 0 radical (unpaired) electrons. The van der Waals surface area contributed by atoms with Gasteiger partial charge in [0.25, 0.3) is 0 Å². The van der Waals surface area contributed by atoms with Gasteiger partial charge < -0.3 is 9.47 Å². The lowest BCUT2D eigenvalue weighted by Gasteiger charge is -2.07. The average Bonchev–Trinajstić information content (AvgIpc) is 2.07. The van der Waals surface area contributed by atoms with Crippen LogP contribution in [0.15, 0.2) is 12.3 Å². The summed E-state index contributed by atoms with van der Waals surface area (Å²) in [5, 5.41) is 0. The van der Waals surface area contributed by atoms with Gasteiger partial charge in [-0.2, -0.15) is 0 Å². The standard InChI is InChI=1S/C8H11NO2/c1-6-8(11-3)7(10-2)4-5-9-6/h4-5H,1-3H3/i2D3,3D3. The van der Waals surface area contributed by atoms with Gasteiger partial charge in [0.15, 0.2) is 11.5 Å². The molecule has 1 rings (SSSR count). The van der Waals surface area contributed by atoms with Crippen LogP contribution in [0.2, 0.25) is 0 Å². The Morgan fingerprint density at radius 3 is 3.00 bits per heavy atom. The summed E-state index contributed by atoms with van der Waals surface area (Å²) < 4.78 is 51.1. The van der Waals surface area contributed by atoms with Gasteiger partial charge in [-0.15, -0.1) is 0 Å². The zero-order valence-corrected chi connectivity index (χ0v) is 5.92. The maximum atomic E-state index is 6.98. The van der Waals surface area contributed by atoms with E-state index in [1.54, 1.807) is 0 Å². The molecule has 1 aromatic rings. The molecule has 0 aromatic carbocycles. The van der Waals surface area contributed by atoms with Gasteiger partial charge in [0, 0.05) is 12.3 Å². The van der Waals surface area contributed by atoms with Crippen molar-refractivity contribution < 1.29 is 17.7 Å². The molecule has 60 valence electrons. The number of methoxy groups -OCH3 is 2. The van der Waals surface area contributed by atoms with E-state index in [1.165, 1.54) is 19.2 Å². The largest absolute Gasteiger partial charge is 0.493 e. The summed E-state index contributed by atoms with van der Waals surface area (Å²) in [6.07, 6.45) is 1.31. The zero-order valence-electron chi connectivity index (χ0n) is 11.9. The van der Waals surface area contributed by atoms with Gasteiger partial charge in [0.1, 0.15) is 0 Å². The van der Waals surface area contributed by atoms with E-state index in [0.29, 0.717) is 0 Å². The molecule has 1 heterocycles. The van der Waals surface area contributed by atoms with E-state index in [9.17, 15) is 0 Å². The molecule has 0 unspecified atom stereocenters. The summed E-state index contributed by atoms with van der Waals surface area (Å²) in [6, 6.07) is 1.24. The van der Waals surface area contributed by atoms with Gasteiger partial charge in [-0.1, -0.05) is 0 Å². The number of rotatable bonds is 2. The first-order valence-electron chi connectivity index (χ1n) is 5.92. The summed E-state index contributed by atoms with van der Waals surface area (Å²) in [6.45, 7) is 1.49. The highest BCUT2D eigenvalue weighted by molar-refractivity contribution is 5.41. The van der Waals surface area contributed by atoms with E-state index >= 15 is 0 Å². The lowest BCUT2D eigenvalue weighted by atomic mass is 10.3. The van der Waals surface area contributed by atoms with E-state index in [0.717, 1.165) is 0 Å². The molecule has 0 N–H and O–H groups in total. The Labute approximate surface area is 74.4 Å². The first kappa shape index (κ1) is 3.01. The Morgan fingerprint density at radius 1 is 1.45 bits per heavy atom. The highest BCUT2D eigenvalue weighted by Crippen LogP contribution is 2.27. The Hall–Kier alpha value is -1.25. The molecule has 0 spiro atoms. The van der Waals surface area contributed by atoms with Crippen LogP contribution in [0.25, 0.3) is 0 Å². The van der Waals surface area contributed by atoms with Crippen molar-refractivity contribution in [2.75, 3.05) is 14.1 Å². The van der Waals surface area contributed by atoms with Crippen molar-refractivity contribution in [3.63, 3.8) is 0 Å². The van der Waals surface area contributed by atoms with Crippen molar-refractivity contribution in [1.82, 2.24) is 4.98 Å². The van der Waals surface area contributed by atoms with E-state index in [1.807, 2.05) is 0 Å². The highest BCUT2D eigenvalue weighted by atomic mass is 16.5. The van der Waals surface area contributed by atoms with Gasteiger partial charge in [-0.05, 0) is 6.92 Å². The van der Waals surface area contributed by atoms with Crippen molar-refractivity contribution in [3.8, 4) is 11.5 Å². The number of aryl methyl sites for hydroxylation is 1. The minimum Gasteiger partial charge on any atom is -0.493 e. The van der Waals surface area contributed by atoms with Crippen molar-refractivity contribution in [3.05, 3.63) is 18.0 Å². The topological polar surface area (TPSA) is 31.4 Å². The van der Waals surface area contributed by atoms with Crippen LogP contribution in [0.5, 0.6) is 11.5 Å². The van der Waals surface area contributed by atoms with E-state index < -0.39 is 14.1 Å². The molecule has 3 heteroatoms. The minimum atomic E-state index is -2.69. The van der Waals surface area contributed by atoms with Crippen molar-refractivity contribution in [2.24, 2.45) is 0 Å². The summed E-state index contributed by atoms with van der Waals surface area (Å²) >= 11 is 0. The molecular weight excluding hydrogens is 142 g/mol. The van der Waals surface area contributed by atoms with E-state index in [-0.39, 0.29) is 17.2 Å². The Morgan fingerprint density at radius 2 is 2.27 bits per heavy atom. The number of hydrogen-bond acceptors (Lipinski definition) is 3. The Bertz CT molecular complexity index is 400. The van der Waals surface area contributed by atoms with E-state index in [4.69, 9.17) is 8.22 Å². The molecule has 0 atom stereocenters. The first-order valence-corrected chi connectivity index (χ1v) is 2.92. The maximum Gasteiger partial charge on any atom is 0.182 e. The van der Waals surface area contributed by atoms with Crippen LogP contribution >= 0.6 is 0 Å². The summed E-state index contributed by atoms with van der Waals surface area (Å²) in [7, 11) is -5.37. The third kappa shape index (κ3) is 1.42. The van der Waals surface area contributed by atoms with Crippen molar-refractivity contribution >= 4 is 0 Å². The number of pyridine rings is 1. The van der Waals surface area contributed by atoms with Crippen LogP contribution in [0.3, 0.4) is 0 Å². The Balaban J connectivity index is 3.09. The van der Waals surface area contributed by atoms with Crippen molar-refractivity contribution in [1.29, 1.82) is 0 Å². The molecule has 0 aliphatic rings. The maximum absolute atomic E-state index is 6.98. The molecule has 1 aromatic heterocycles. The predicted molar refractivity (Wildman–Crippen MR) is 42.1 cm³/mol. The number of aromatic nitrogens is 1. The third-order valence-corrected chi connectivity index (χ3v) is 1.26. The van der Waals surface area contributed by atoms with E-state index in [2.05, 4.69) is 14.5 Å². The fraction of sp³-hybridized carbons (Fsp3) is 0.375. The SMILES string of the molecule is [2H]C([2H])([2H])Oc1ccnc(C)c1OC([2H])([2H])[2H]. The van der Waals surface area contributed by atoms with Crippen LogP contribution < -0.4 is 9.47 Å². The molecule has 0 saturated carbocycles. The third-order valence-electron chi connectivity index (χ3n) is 1.26. The van der Waals surface area contributed by atoms with Crippen molar-refractivity contribution in [2.45, 2.75) is 6.92 Å². The second-order valence-electron chi connectivity index (χ2n) is 1.93. The van der Waals surface area contributed by atoms with Gasteiger partial charge >= 0.3 is 0 Å². The monoisotopic (exact) mass is 159 g/mol. The Kier molecular flexibility index (Phi) is 0.884. The van der Waals surface area contributed by atoms with Gasteiger partial charge in [-0.3, -0.25) is 4.98 Å². The van der Waals surface area contributed by atoms with Gasteiger partial charge in [-0.25, -0.2) is 0 Å². The second kappa shape index (κ2) is 3.23. The average molecular weight is 159 g/mol. The minimum absolute atomic E-state index is 0.173. The quantitative estimate of drug-likeness (QED) is 0.653. The number of nitrogens with zero attached hydrogens (tertiary/aromatic N) is 1.